The zero-order valence-corrected chi connectivity index (χ0v) is 16.2. The van der Waals surface area contributed by atoms with Crippen molar-refractivity contribution < 1.29 is 22.8 Å². The smallest absolute Gasteiger partial charge is 0.354 e. The fourth-order valence-corrected chi connectivity index (χ4v) is 3.81. The van der Waals surface area contributed by atoms with E-state index in [1.807, 2.05) is 28.0 Å². The Labute approximate surface area is 171 Å². The predicted octanol–water partition coefficient (Wildman–Crippen LogP) is 2.53. The summed E-state index contributed by atoms with van der Waals surface area (Å²) in [5.74, 6) is 0.550. The number of hydrogen-bond donors (Lipinski definition) is 1. The lowest BCUT2D eigenvalue weighted by atomic mass is 10.1. The number of anilines is 2. The highest BCUT2D eigenvalue weighted by Gasteiger charge is 2.31. The van der Waals surface area contributed by atoms with Crippen molar-refractivity contribution in [1.29, 1.82) is 0 Å². The maximum atomic E-state index is 12.7. The van der Waals surface area contributed by atoms with Gasteiger partial charge in [-0.15, -0.1) is 0 Å². The number of amides is 1. The first-order valence-electron chi connectivity index (χ1n) is 9.72. The molecule has 2 aromatic rings. The number of piperazine rings is 1. The van der Waals surface area contributed by atoms with Gasteiger partial charge in [0.15, 0.2) is 0 Å². The molecule has 1 fully saturated rings. The monoisotopic (exact) mass is 418 g/mol. The molecule has 1 aliphatic heterocycles. The van der Waals surface area contributed by atoms with Crippen LogP contribution in [0.15, 0.2) is 36.5 Å². The van der Waals surface area contributed by atoms with Gasteiger partial charge in [-0.3, -0.25) is 14.5 Å². The van der Waals surface area contributed by atoms with E-state index in [4.69, 9.17) is 0 Å². The van der Waals surface area contributed by atoms with Crippen molar-refractivity contribution in [2.24, 2.45) is 0 Å². The Morgan fingerprint density at radius 2 is 1.77 bits per heavy atom. The summed E-state index contributed by atoms with van der Waals surface area (Å²) in [6.07, 6.45) is -2.67. The molecule has 1 aromatic carbocycles. The number of benzene rings is 1. The van der Waals surface area contributed by atoms with Gasteiger partial charge in [0.05, 0.1) is 12.1 Å². The van der Waals surface area contributed by atoms with Crippen molar-refractivity contribution in [3.05, 3.63) is 53.2 Å². The molecule has 2 aliphatic rings. The number of ketones is 1. The summed E-state index contributed by atoms with van der Waals surface area (Å²) in [5.41, 5.74) is 1.90. The van der Waals surface area contributed by atoms with Crippen molar-refractivity contribution in [2.75, 3.05) is 42.9 Å². The molecule has 2 heterocycles. The second-order valence-corrected chi connectivity index (χ2v) is 7.59. The number of nitrogens with one attached hydrogen (secondary N) is 1. The largest absolute Gasteiger partial charge is 0.417 e. The van der Waals surface area contributed by atoms with Crippen LogP contribution in [0, 0.1) is 0 Å². The van der Waals surface area contributed by atoms with Gasteiger partial charge in [-0.05, 0) is 35.4 Å². The first-order chi connectivity index (χ1) is 14.3. The molecule has 4 rings (SSSR count). The number of hydrogen-bond acceptors (Lipinski definition) is 5. The lowest BCUT2D eigenvalue weighted by Gasteiger charge is -2.35. The number of Topliss-reactive ketones (excluding diaryl/α,β-unsaturated/α-hetero) is 1. The third kappa shape index (κ3) is 4.62. The zero-order chi connectivity index (χ0) is 21.3. The summed E-state index contributed by atoms with van der Waals surface area (Å²) in [6, 6.07) is 7.96. The number of carbonyl (C=O) groups excluding carboxylic acids is 2. The predicted molar refractivity (Wildman–Crippen MR) is 105 cm³/mol. The van der Waals surface area contributed by atoms with E-state index in [1.165, 1.54) is 6.07 Å². The summed E-state index contributed by atoms with van der Waals surface area (Å²) in [6.45, 7) is 2.59. The molecule has 0 bridgehead atoms. The van der Waals surface area contributed by atoms with Crippen LogP contribution < -0.4 is 10.2 Å². The van der Waals surface area contributed by atoms with Gasteiger partial charge in [-0.25, -0.2) is 4.98 Å². The average Bonchev–Trinajstić information content (AvgIpc) is 3.07. The molecule has 1 N–H and O–H groups in total. The molecule has 1 aliphatic carbocycles. The fourth-order valence-electron chi connectivity index (χ4n) is 3.81. The molecule has 30 heavy (non-hydrogen) atoms. The summed E-state index contributed by atoms with van der Waals surface area (Å²) < 4.78 is 38.0. The summed E-state index contributed by atoms with van der Waals surface area (Å²) in [7, 11) is 0. The summed E-state index contributed by atoms with van der Waals surface area (Å²) >= 11 is 0. The van der Waals surface area contributed by atoms with Crippen LogP contribution in [0.25, 0.3) is 0 Å². The van der Waals surface area contributed by atoms with Crippen molar-refractivity contribution in [2.45, 2.75) is 19.0 Å². The van der Waals surface area contributed by atoms with E-state index in [2.05, 4.69) is 10.3 Å². The van der Waals surface area contributed by atoms with E-state index >= 15 is 0 Å². The molecular formula is C21H21F3N4O2. The highest BCUT2D eigenvalue weighted by molar-refractivity contribution is 5.93. The van der Waals surface area contributed by atoms with Crippen LogP contribution in [0.2, 0.25) is 0 Å². The van der Waals surface area contributed by atoms with Crippen LogP contribution in [0.4, 0.5) is 24.7 Å². The van der Waals surface area contributed by atoms with Crippen molar-refractivity contribution in [1.82, 2.24) is 9.88 Å². The number of halogens is 3. The molecule has 0 saturated carbocycles. The first-order valence-corrected chi connectivity index (χ1v) is 9.72. The van der Waals surface area contributed by atoms with Crippen LogP contribution in [-0.4, -0.2) is 54.3 Å². The van der Waals surface area contributed by atoms with Gasteiger partial charge < -0.3 is 10.2 Å². The minimum absolute atomic E-state index is 0.139. The molecule has 0 spiro atoms. The van der Waals surface area contributed by atoms with Gasteiger partial charge in [0.25, 0.3) is 0 Å². The van der Waals surface area contributed by atoms with E-state index in [-0.39, 0.29) is 18.2 Å². The van der Waals surface area contributed by atoms with Gasteiger partial charge in [0.2, 0.25) is 5.91 Å². The van der Waals surface area contributed by atoms with Crippen molar-refractivity contribution >= 4 is 23.2 Å². The SMILES string of the molecule is O=C1Cc2ccc(NC(=O)CN3CCN(c4ccc(C(F)(F)F)cn4)CC3)cc2C1. The van der Waals surface area contributed by atoms with E-state index in [1.54, 1.807) is 0 Å². The fraction of sp³-hybridized carbons (Fsp3) is 0.381. The summed E-state index contributed by atoms with van der Waals surface area (Å²) in [4.78, 5) is 31.7. The molecule has 1 saturated heterocycles. The lowest BCUT2D eigenvalue weighted by molar-refractivity contribution is -0.137. The molecule has 0 atom stereocenters. The maximum absolute atomic E-state index is 12.7. The second kappa shape index (κ2) is 8.06. The topological polar surface area (TPSA) is 65.5 Å². The highest BCUT2D eigenvalue weighted by atomic mass is 19.4. The Morgan fingerprint density at radius 3 is 2.43 bits per heavy atom. The molecule has 0 radical (unpaired) electrons. The molecular weight excluding hydrogens is 397 g/mol. The first kappa shape index (κ1) is 20.3. The van der Waals surface area contributed by atoms with E-state index in [0.717, 1.165) is 23.4 Å². The average molecular weight is 418 g/mol. The van der Waals surface area contributed by atoms with Gasteiger partial charge >= 0.3 is 6.18 Å². The quantitative estimate of drug-likeness (QED) is 0.827. The maximum Gasteiger partial charge on any atom is 0.417 e. The number of alkyl halides is 3. The molecule has 158 valence electrons. The molecule has 6 nitrogen and oxygen atoms in total. The van der Waals surface area contributed by atoms with Crippen molar-refractivity contribution in [3.8, 4) is 0 Å². The van der Waals surface area contributed by atoms with Crippen LogP contribution in [0.3, 0.4) is 0 Å². The number of pyridine rings is 1. The third-order valence-electron chi connectivity index (χ3n) is 5.40. The van der Waals surface area contributed by atoms with Crippen LogP contribution >= 0.6 is 0 Å². The number of aromatic nitrogens is 1. The zero-order valence-electron chi connectivity index (χ0n) is 16.2. The van der Waals surface area contributed by atoms with Gasteiger partial charge in [0.1, 0.15) is 11.6 Å². The normalized spacial score (nSPS) is 17.2. The van der Waals surface area contributed by atoms with Crippen molar-refractivity contribution in [3.63, 3.8) is 0 Å². The van der Waals surface area contributed by atoms with E-state index < -0.39 is 11.7 Å². The van der Waals surface area contributed by atoms with E-state index in [9.17, 15) is 22.8 Å². The number of nitrogens with zero attached hydrogens (tertiary/aromatic N) is 3. The lowest BCUT2D eigenvalue weighted by Crippen LogP contribution is -2.48. The summed E-state index contributed by atoms with van der Waals surface area (Å²) in [5, 5.41) is 2.87. The Hall–Kier alpha value is -2.94. The Kier molecular flexibility index (Phi) is 5.46. The number of rotatable bonds is 4. The van der Waals surface area contributed by atoms with Crippen LogP contribution in [0.1, 0.15) is 16.7 Å². The number of carbonyl (C=O) groups is 2. The number of fused-ring (bicyclic) bond motifs is 1. The molecule has 1 aromatic heterocycles. The third-order valence-corrected chi connectivity index (χ3v) is 5.40. The molecule has 9 heteroatoms. The van der Waals surface area contributed by atoms with E-state index in [0.29, 0.717) is 50.5 Å². The second-order valence-electron chi connectivity index (χ2n) is 7.59. The van der Waals surface area contributed by atoms with Crippen LogP contribution in [-0.2, 0) is 28.6 Å². The van der Waals surface area contributed by atoms with Crippen LogP contribution in [0.5, 0.6) is 0 Å². The molecule has 1 amide bonds. The Morgan fingerprint density at radius 1 is 1.03 bits per heavy atom. The van der Waals surface area contributed by atoms with Gasteiger partial charge in [-0.2, -0.15) is 13.2 Å². The Bertz CT molecular complexity index is 952. The highest BCUT2D eigenvalue weighted by Crippen LogP contribution is 2.29. The minimum atomic E-state index is -4.40. The standard InChI is InChI=1S/C21H21F3N4O2/c22-21(23,24)16-2-4-19(25-12-16)28-7-5-27(6-8-28)13-20(30)26-17-3-1-14-10-18(29)11-15(14)9-17/h1-4,9,12H,5-8,10-11,13H2,(H,26,30). The minimum Gasteiger partial charge on any atom is -0.354 e. The van der Waals surface area contributed by atoms with Gasteiger partial charge in [0, 0.05) is 50.9 Å². The Balaban J connectivity index is 1.27. The van der Waals surface area contributed by atoms with Gasteiger partial charge in [-0.1, -0.05) is 6.07 Å². The molecule has 0 unspecified atom stereocenters.